The van der Waals surface area contributed by atoms with Crippen molar-refractivity contribution in [2.45, 2.75) is 59.0 Å². The summed E-state index contributed by atoms with van der Waals surface area (Å²) in [6, 6.07) is 3.52. The molecule has 2 aromatic heterocycles. The molecule has 0 radical (unpaired) electrons. The highest BCUT2D eigenvalue weighted by Crippen LogP contribution is 2.38. The predicted octanol–water partition coefficient (Wildman–Crippen LogP) is 3.30. The third kappa shape index (κ3) is 2.68. The molecular weight excluding hydrogens is 358 g/mol. The minimum Gasteiger partial charge on any atom is -0.466 e. The van der Waals surface area contributed by atoms with Crippen LogP contribution in [0.25, 0.3) is 0 Å². The lowest BCUT2D eigenvalue weighted by Gasteiger charge is -2.21. The fraction of sp³-hybridized carbons (Fsp3) is 0.476. The number of ketones is 1. The first-order chi connectivity index (χ1) is 13.1. The van der Waals surface area contributed by atoms with E-state index in [1.165, 1.54) is 0 Å². The number of amides is 3. The van der Waals surface area contributed by atoms with Crippen molar-refractivity contribution >= 4 is 17.7 Å². The van der Waals surface area contributed by atoms with Gasteiger partial charge in [0, 0.05) is 28.6 Å². The lowest BCUT2D eigenvalue weighted by Crippen LogP contribution is -2.41. The van der Waals surface area contributed by atoms with Crippen LogP contribution in [0.15, 0.2) is 16.5 Å². The number of Topliss-reactive ketones (excluding diaryl/α,β-unsaturated/α-hetero) is 1. The van der Waals surface area contributed by atoms with Crippen molar-refractivity contribution in [2.24, 2.45) is 0 Å². The first-order valence-corrected chi connectivity index (χ1v) is 9.56. The summed E-state index contributed by atoms with van der Waals surface area (Å²) in [5.41, 5.74) is 1.90. The molecule has 1 saturated heterocycles. The molecular formula is C21H25N3O4. The lowest BCUT2D eigenvalue weighted by atomic mass is 9.92. The number of aryl methyl sites for hydroxylation is 3. The van der Waals surface area contributed by atoms with Crippen molar-refractivity contribution in [2.75, 3.05) is 6.54 Å². The summed E-state index contributed by atoms with van der Waals surface area (Å²) in [4.78, 5) is 39.6. The molecule has 0 aromatic carbocycles. The van der Waals surface area contributed by atoms with Crippen molar-refractivity contribution in [1.29, 1.82) is 0 Å². The minimum absolute atomic E-state index is 0.229. The molecule has 7 heteroatoms. The van der Waals surface area contributed by atoms with E-state index in [0.717, 1.165) is 29.1 Å². The van der Waals surface area contributed by atoms with Gasteiger partial charge in [0.05, 0.1) is 6.54 Å². The Morgan fingerprint density at radius 2 is 1.89 bits per heavy atom. The molecule has 1 atom stereocenters. The summed E-state index contributed by atoms with van der Waals surface area (Å²) in [5.74, 6) is 0.575. The topological polar surface area (TPSA) is 84.5 Å². The van der Waals surface area contributed by atoms with E-state index in [9.17, 15) is 14.4 Å². The van der Waals surface area contributed by atoms with Gasteiger partial charge in [0.1, 0.15) is 17.1 Å². The molecule has 4 rings (SSSR count). The Labute approximate surface area is 163 Å². The minimum atomic E-state index is -1.23. The maximum absolute atomic E-state index is 13.1. The molecule has 0 bridgehead atoms. The zero-order chi connectivity index (χ0) is 20.4. The van der Waals surface area contributed by atoms with Gasteiger partial charge in [-0.3, -0.25) is 14.5 Å². The van der Waals surface area contributed by atoms with Gasteiger partial charge in [-0.05, 0) is 59.6 Å². The molecule has 7 nitrogen and oxygen atoms in total. The van der Waals surface area contributed by atoms with Crippen LogP contribution in [0, 0.1) is 27.7 Å². The number of imide groups is 1. The summed E-state index contributed by atoms with van der Waals surface area (Å²) >= 11 is 0. The van der Waals surface area contributed by atoms with E-state index >= 15 is 0 Å². The van der Waals surface area contributed by atoms with Crippen LogP contribution >= 0.6 is 0 Å². The van der Waals surface area contributed by atoms with Crippen molar-refractivity contribution in [3.63, 3.8) is 0 Å². The van der Waals surface area contributed by atoms with Crippen LogP contribution in [-0.2, 0) is 10.3 Å². The van der Waals surface area contributed by atoms with Gasteiger partial charge in [-0.15, -0.1) is 0 Å². The van der Waals surface area contributed by atoms with Gasteiger partial charge in [0.2, 0.25) is 0 Å². The van der Waals surface area contributed by atoms with Crippen LogP contribution < -0.4 is 5.32 Å². The van der Waals surface area contributed by atoms with Crippen LogP contribution in [0.2, 0.25) is 0 Å². The Morgan fingerprint density at radius 1 is 1.21 bits per heavy atom. The number of furan rings is 1. The summed E-state index contributed by atoms with van der Waals surface area (Å²) < 4.78 is 7.71. The summed E-state index contributed by atoms with van der Waals surface area (Å²) in [6.07, 6.45) is 2.25. The first-order valence-electron chi connectivity index (χ1n) is 9.56. The normalized spacial score (nSPS) is 22.1. The molecule has 2 fully saturated rings. The van der Waals surface area contributed by atoms with Gasteiger partial charge >= 0.3 is 6.03 Å². The molecule has 1 N–H and O–H groups in total. The molecule has 1 saturated carbocycles. The average molecular weight is 383 g/mol. The quantitative estimate of drug-likeness (QED) is 0.634. The van der Waals surface area contributed by atoms with Crippen LogP contribution in [-0.4, -0.2) is 33.7 Å². The van der Waals surface area contributed by atoms with Crippen molar-refractivity contribution in [3.05, 3.63) is 46.2 Å². The number of nitrogens with zero attached hydrogens (tertiary/aromatic N) is 2. The van der Waals surface area contributed by atoms with E-state index in [2.05, 4.69) is 9.88 Å². The van der Waals surface area contributed by atoms with Gasteiger partial charge in [-0.2, -0.15) is 0 Å². The molecule has 0 spiro atoms. The van der Waals surface area contributed by atoms with E-state index in [-0.39, 0.29) is 12.3 Å². The van der Waals surface area contributed by atoms with Gasteiger partial charge < -0.3 is 14.3 Å². The van der Waals surface area contributed by atoms with Crippen molar-refractivity contribution < 1.29 is 18.8 Å². The van der Waals surface area contributed by atoms with Crippen LogP contribution in [0.1, 0.15) is 64.6 Å². The monoisotopic (exact) mass is 383 g/mol. The smallest absolute Gasteiger partial charge is 0.325 e. The molecule has 28 heavy (non-hydrogen) atoms. The Hall–Kier alpha value is -2.83. The maximum Gasteiger partial charge on any atom is 0.325 e. The molecule has 1 unspecified atom stereocenters. The third-order valence-electron chi connectivity index (χ3n) is 5.85. The fourth-order valence-electron chi connectivity index (χ4n) is 4.33. The van der Waals surface area contributed by atoms with Crippen LogP contribution in [0.3, 0.4) is 0 Å². The second-order valence-corrected chi connectivity index (χ2v) is 8.08. The fourth-order valence-corrected chi connectivity index (χ4v) is 4.33. The van der Waals surface area contributed by atoms with E-state index in [4.69, 9.17) is 4.42 Å². The van der Waals surface area contributed by atoms with Crippen LogP contribution in [0.5, 0.6) is 0 Å². The zero-order valence-electron chi connectivity index (χ0n) is 16.9. The van der Waals surface area contributed by atoms with Crippen molar-refractivity contribution in [3.8, 4) is 0 Å². The Morgan fingerprint density at radius 3 is 2.46 bits per heavy atom. The van der Waals surface area contributed by atoms with Crippen LogP contribution in [0.4, 0.5) is 4.79 Å². The number of carbonyl (C=O) groups excluding carboxylic acids is 3. The van der Waals surface area contributed by atoms with Gasteiger partial charge in [0.25, 0.3) is 5.91 Å². The number of aromatic nitrogens is 1. The number of carbonyl (C=O) groups is 3. The molecule has 148 valence electrons. The average Bonchev–Trinajstić information content (AvgIpc) is 3.27. The van der Waals surface area contributed by atoms with Gasteiger partial charge in [0.15, 0.2) is 5.78 Å². The number of hydrogen-bond donors (Lipinski definition) is 1. The third-order valence-corrected chi connectivity index (χ3v) is 5.85. The molecule has 3 heterocycles. The van der Waals surface area contributed by atoms with Crippen molar-refractivity contribution in [1.82, 2.24) is 14.8 Å². The van der Waals surface area contributed by atoms with E-state index in [0.29, 0.717) is 28.7 Å². The molecule has 3 amide bonds. The highest BCUT2D eigenvalue weighted by molar-refractivity contribution is 6.11. The zero-order valence-corrected chi connectivity index (χ0v) is 16.9. The SMILES string of the molecule is Cc1cc(C2(C)NC(=O)N(CC(=O)c3cc(C)n(C4CC4)c3C)C2=O)c(C)o1. The molecule has 1 aliphatic carbocycles. The highest BCUT2D eigenvalue weighted by Gasteiger charge is 2.51. The van der Waals surface area contributed by atoms with Gasteiger partial charge in [-0.1, -0.05) is 0 Å². The largest absolute Gasteiger partial charge is 0.466 e. The number of rotatable bonds is 5. The Kier molecular flexibility index (Phi) is 4.03. The molecule has 2 aromatic rings. The number of hydrogen-bond acceptors (Lipinski definition) is 4. The second-order valence-electron chi connectivity index (χ2n) is 8.08. The number of nitrogens with one attached hydrogen (secondary N) is 1. The molecule has 1 aliphatic heterocycles. The van der Waals surface area contributed by atoms with E-state index < -0.39 is 17.5 Å². The second kappa shape index (κ2) is 6.09. The van der Waals surface area contributed by atoms with E-state index in [1.54, 1.807) is 26.8 Å². The van der Waals surface area contributed by atoms with Gasteiger partial charge in [-0.25, -0.2) is 4.79 Å². The first kappa shape index (κ1) is 18.5. The Balaban J connectivity index is 1.59. The maximum atomic E-state index is 13.1. The summed E-state index contributed by atoms with van der Waals surface area (Å²) in [5, 5.41) is 2.74. The highest BCUT2D eigenvalue weighted by atomic mass is 16.3. The lowest BCUT2D eigenvalue weighted by molar-refractivity contribution is -0.130. The predicted molar refractivity (Wildman–Crippen MR) is 102 cm³/mol. The summed E-state index contributed by atoms with van der Waals surface area (Å²) in [6.45, 7) is 8.83. The standard InChI is InChI=1S/C21H25N3O4/c1-11-8-16(13(3)24(11)15-6-7-15)18(25)10-23-19(26)21(5,22-20(23)27)17-9-12(2)28-14(17)4/h8-9,15H,6-7,10H2,1-5H3,(H,22,27). The number of urea groups is 1. The Bertz CT molecular complexity index is 1010. The summed E-state index contributed by atoms with van der Waals surface area (Å²) in [7, 11) is 0. The molecule has 2 aliphatic rings. The van der Waals surface area contributed by atoms with E-state index in [1.807, 2.05) is 19.9 Å².